The summed E-state index contributed by atoms with van der Waals surface area (Å²) in [7, 11) is 0. The third kappa shape index (κ3) is 3.22. The lowest BCUT2D eigenvalue weighted by Crippen LogP contribution is -2.72. The normalized spacial score (nSPS) is 22.9. The van der Waals surface area contributed by atoms with Gasteiger partial charge < -0.3 is 25.2 Å². The first-order valence-electron chi connectivity index (χ1n) is 12.2. The van der Waals surface area contributed by atoms with Crippen LogP contribution in [0.3, 0.4) is 0 Å². The quantitative estimate of drug-likeness (QED) is 0.599. The molecule has 0 bridgehead atoms. The zero-order valence-corrected chi connectivity index (χ0v) is 19.5. The van der Waals surface area contributed by atoms with E-state index in [4.69, 9.17) is 4.98 Å². The van der Waals surface area contributed by atoms with Crippen molar-refractivity contribution in [3.05, 3.63) is 42.7 Å². The summed E-state index contributed by atoms with van der Waals surface area (Å²) in [5.74, 6) is 1.30. The highest BCUT2D eigenvalue weighted by Gasteiger charge is 2.52. The highest BCUT2D eigenvalue weighted by molar-refractivity contribution is 5.91. The van der Waals surface area contributed by atoms with Gasteiger partial charge in [-0.25, -0.2) is 15.0 Å². The summed E-state index contributed by atoms with van der Waals surface area (Å²) in [6.45, 7) is 11.5. The van der Waals surface area contributed by atoms with E-state index in [2.05, 4.69) is 55.1 Å². The van der Waals surface area contributed by atoms with E-state index in [1.807, 2.05) is 24.5 Å². The molecule has 0 atom stereocenters. The van der Waals surface area contributed by atoms with Crippen molar-refractivity contribution < 1.29 is 5.21 Å². The number of anilines is 4. The van der Waals surface area contributed by atoms with Gasteiger partial charge in [0.2, 0.25) is 5.95 Å². The van der Waals surface area contributed by atoms with Crippen LogP contribution in [0.5, 0.6) is 0 Å². The summed E-state index contributed by atoms with van der Waals surface area (Å²) < 4.78 is 0. The number of fused-ring (bicyclic) bond motifs is 1. The Morgan fingerprint density at radius 3 is 2.35 bits per heavy atom. The van der Waals surface area contributed by atoms with Crippen LogP contribution in [-0.2, 0) is 0 Å². The standard InChI is InChI=1S/C25H30N8O/c1-2-30-10-24(11-30)12-31(13-24)19-6-7-21(26-9-19)28-23-27-8-18-4-3-5-20(22(18)29-23)32-14-25(15-32)16-33(34)17-25/h3-9,34H,2,10-17H2,1H3,(H,26,27,28,29). The molecule has 4 fully saturated rings. The molecule has 3 aromatic rings. The molecule has 0 radical (unpaired) electrons. The number of benzene rings is 1. The molecule has 9 nitrogen and oxygen atoms in total. The molecule has 6 heterocycles. The van der Waals surface area contributed by atoms with Gasteiger partial charge in [-0.3, -0.25) is 0 Å². The SMILES string of the molecule is CCN1CC2(C1)CN(c1ccc(Nc3ncc4cccc(N5CC6(CN(O)C6)C5)c4n3)nc1)C2. The molecule has 4 saturated heterocycles. The molecule has 0 aliphatic carbocycles. The Balaban J connectivity index is 1.04. The largest absolute Gasteiger partial charge is 0.369 e. The van der Waals surface area contributed by atoms with Gasteiger partial charge >= 0.3 is 0 Å². The number of pyridine rings is 1. The Hall–Kier alpha value is -3.01. The first kappa shape index (κ1) is 20.4. The van der Waals surface area contributed by atoms with Crippen molar-refractivity contribution in [3.8, 4) is 0 Å². The molecule has 2 N–H and O–H groups in total. The minimum absolute atomic E-state index is 0.237. The smallest absolute Gasteiger partial charge is 0.228 e. The lowest BCUT2D eigenvalue weighted by molar-refractivity contribution is -0.214. The molecule has 176 valence electrons. The van der Waals surface area contributed by atoms with E-state index in [-0.39, 0.29) is 5.41 Å². The van der Waals surface area contributed by atoms with E-state index in [1.165, 1.54) is 23.8 Å². The second-order valence-electron chi connectivity index (χ2n) is 10.8. The first-order chi connectivity index (χ1) is 16.5. The van der Waals surface area contributed by atoms with Crippen LogP contribution in [-0.4, -0.2) is 89.0 Å². The van der Waals surface area contributed by atoms with Crippen molar-refractivity contribution in [2.45, 2.75) is 6.92 Å². The van der Waals surface area contributed by atoms with Crippen molar-refractivity contribution in [1.82, 2.24) is 24.9 Å². The van der Waals surface area contributed by atoms with Gasteiger partial charge in [0, 0.05) is 74.8 Å². The summed E-state index contributed by atoms with van der Waals surface area (Å²) in [6, 6.07) is 10.4. The zero-order chi connectivity index (χ0) is 22.9. The van der Waals surface area contributed by atoms with Crippen molar-refractivity contribution in [2.24, 2.45) is 10.8 Å². The third-order valence-electron chi connectivity index (χ3n) is 7.99. The fourth-order valence-electron chi connectivity index (χ4n) is 6.25. The van der Waals surface area contributed by atoms with Gasteiger partial charge in [-0.05, 0) is 24.7 Å². The third-order valence-corrected chi connectivity index (χ3v) is 7.99. The maximum Gasteiger partial charge on any atom is 0.228 e. The molecule has 7 rings (SSSR count). The minimum atomic E-state index is 0.237. The first-order valence-corrected chi connectivity index (χ1v) is 12.2. The van der Waals surface area contributed by atoms with Crippen LogP contribution in [0, 0.1) is 10.8 Å². The maximum atomic E-state index is 9.55. The fraction of sp³-hybridized carbons (Fsp3) is 0.480. The molecular weight excluding hydrogens is 428 g/mol. The minimum Gasteiger partial charge on any atom is -0.369 e. The van der Waals surface area contributed by atoms with Crippen LogP contribution in [0.15, 0.2) is 42.7 Å². The van der Waals surface area contributed by atoms with E-state index in [0.717, 1.165) is 68.2 Å². The Kier molecular flexibility index (Phi) is 4.34. The van der Waals surface area contributed by atoms with E-state index >= 15 is 0 Å². The summed E-state index contributed by atoms with van der Waals surface area (Å²) >= 11 is 0. The summed E-state index contributed by atoms with van der Waals surface area (Å²) in [4.78, 5) is 21.3. The van der Waals surface area contributed by atoms with Gasteiger partial charge in [-0.15, -0.1) is 0 Å². The van der Waals surface area contributed by atoms with E-state index in [9.17, 15) is 5.21 Å². The molecular formula is C25H30N8O. The highest BCUT2D eigenvalue weighted by Crippen LogP contribution is 2.43. The van der Waals surface area contributed by atoms with Crippen LogP contribution in [0.25, 0.3) is 10.9 Å². The van der Waals surface area contributed by atoms with E-state index in [0.29, 0.717) is 11.4 Å². The van der Waals surface area contributed by atoms with Gasteiger partial charge in [-0.2, -0.15) is 5.06 Å². The van der Waals surface area contributed by atoms with Crippen molar-refractivity contribution in [3.63, 3.8) is 0 Å². The summed E-state index contributed by atoms with van der Waals surface area (Å²) in [6.07, 6.45) is 3.81. The molecule has 34 heavy (non-hydrogen) atoms. The fourth-order valence-corrected chi connectivity index (χ4v) is 6.25. The number of nitrogens with zero attached hydrogens (tertiary/aromatic N) is 7. The maximum absolute atomic E-state index is 9.55. The second-order valence-corrected chi connectivity index (χ2v) is 10.8. The van der Waals surface area contributed by atoms with Gasteiger partial charge in [0.1, 0.15) is 5.82 Å². The number of likely N-dealkylation sites (tertiary alicyclic amines) is 1. The summed E-state index contributed by atoms with van der Waals surface area (Å²) in [5.41, 5.74) is 3.99. The van der Waals surface area contributed by atoms with Crippen molar-refractivity contribution >= 4 is 34.0 Å². The zero-order valence-electron chi connectivity index (χ0n) is 19.5. The Bertz CT molecular complexity index is 1220. The molecule has 2 spiro atoms. The van der Waals surface area contributed by atoms with E-state index in [1.54, 1.807) is 0 Å². The number of rotatable bonds is 5. The lowest BCUT2D eigenvalue weighted by Gasteiger charge is -2.61. The van der Waals surface area contributed by atoms with Crippen LogP contribution in [0.4, 0.5) is 23.1 Å². The summed E-state index contributed by atoms with van der Waals surface area (Å²) in [5, 5.41) is 15.3. The molecule has 4 aliphatic heterocycles. The molecule has 2 aromatic heterocycles. The average Bonchev–Trinajstić information content (AvgIpc) is 2.74. The molecule has 0 amide bonds. The predicted molar refractivity (Wildman–Crippen MR) is 132 cm³/mol. The van der Waals surface area contributed by atoms with Gasteiger partial charge in [0.05, 0.1) is 23.1 Å². The molecule has 4 aliphatic rings. The Labute approximate surface area is 199 Å². The van der Waals surface area contributed by atoms with E-state index < -0.39 is 0 Å². The predicted octanol–water partition coefficient (Wildman–Crippen LogP) is 2.42. The number of nitrogens with one attached hydrogen (secondary N) is 1. The average molecular weight is 459 g/mol. The molecule has 1 aromatic carbocycles. The lowest BCUT2D eigenvalue weighted by atomic mass is 9.72. The second kappa shape index (κ2) is 7.24. The number of hydrogen-bond donors (Lipinski definition) is 2. The van der Waals surface area contributed by atoms with Gasteiger partial charge in [0.15, 0.2) is 0 Å². The van der Waals surface area contributed by atoms with Crippen LogP contribution < -0.4 is 15.1 Å². The number of aromatic nitrogens is 3. The van der Waals surface area contributed by atoms with Crippen molar-refractivity contribution in [1.29, 1.82) is 0 Å². The number of hydrogen-bond acceptors (Lipinski definition) is 9. The molecule has 9 heteroatoms. The van der Waals surface area contributed by atoms with Gasteiger partial charge in [0.25, 0.3) is 0 Å². The van der Waals surface area contributed by atoms with Gasteiger partial charge in [-0.1, -0.05) is 19.1 Å². The number of hydroxylamine groups is 2. The molecule has 0 saturated carbocycles. The van der Waals surface area contributed by atoms with Crippen LogP contribution >= 0.6 is 0 Å². The monoisotopic (exact) mass is 458 g/mol. The van der Waals surface area contributed by atoms with Crippen molar-refractivity contribution in [2.75, 3.05) is 74.0 Å². The van der Waals surface area contributed by atoms with Crippen LogP contribution in [0.2, 0.25) is 0 Å². The highest BCUT2D eigenvalue weighted by atomic mass is 16.5. The topological polar surface area (TPSA) is 83.9 Å². The Morgan fingerprint density at radius 1 is 0.882 bits per heavy atom. The Morgan fingerprint density at radius 2 is 1.65 bits per heavy atom. The number of para-hydroxylation sites is 1. The molecule has 0 unspecified atom stereocenters. The van der Waals surface area contributed by atoms with Crippen LogP contribution in [0.1, 0.15) is 6.92 Å².